The molecule has 3 rings (SSSR count). The minimum absolute atomic E-state index is 0.250. The van der Waals surface area contributed by atoms with Gasteiger partial charge >= 0.3 is 0 Å². The summed E-state index contributed by atoms with van der Waals surface area (Å²) in [6.07, 6.45) is 0. The molecule has 0 atom stereocenters. The first-order valence-corrected chi connectivity index (χ1v) is 7.75. The number of halogens is 1. The van der Waals surface area contributed by atoms with E-state index < -0.39 is 0 Å². The molecule has 2 aromatic heterocycles. The Hall–Kier alpha value is -2.61. The largest absolute Gasteiger partial charge is 0.303 e. The van der Waals surface area contributed by atoms with E-state index in [4.69, 9.17) is 0 Å². The van der Waals surface area contributed by atoms with E-state index in [1.807, 2.05) is 0 Å². The maximum Gasteiger partial charge on any atom is 0.259 e. The molecule has 0 aliphatic heterocycles. The third-order valence-corrected chi connectivity index (χ3v) is 4.21. The number of rotatable bonds is 4. The summed E-state index contributed by atoms with van der Waals surface area (Å²) in [6.45, 7) is 3.79. The lowest BCUT2D eigenvalue weighted by molar-refractivity contribution is 0.102. The van der Waals surface area contributed by atoms with Crippen LogP contribution in [0.5, 0.6) is 0 Å². The molecule has 0 unspecified atom stereocenters. The fourth-order valence-electron chi connectivity index (χ4n) is 2.10. The molecule has 23 heavy (non-hydrogen) atoms. The molecule has 0 saturated heterocycles. The molecule has 3 aromatic rings. The van der Waals surface area contributed by atoms with E-state index in [1.54, 1.807) is 42.1 Å². The van der Waals surface area contributed by atoms with Crippen LogP contribution in [0.25, 0.3) is 0 Å². The van der Waals surface area contributed by atoms with Crippen LogP contribution in [0.3, 0.4) is 0 Å². The van der Waals surface area contributed by atoms with E-state index in [0.717, 1.165) is 0 Å². The second-order valence-corrected chi connectivity index (χ2v) is 5.67. The van der Waals surface area contributed by atoms with Gasteiger partial charge in [-0.2, -0.15) is 4.37 Å². The Kier molecular flexibility index (Phi) is 4.16. The Morgan fingerprint density at radius 3 is 2.83 bits per heavy atom. The smallest absolute Gasteiger partial charge is 0.259 e. The highest BCUT2D eigenvalue weighted by Crippen LogP contribution is 2.16. The summed E-state index contributed by atoms with van der Waals surface area (Å²) in [4.78, 5) is 12.2. The molecular formula is C15H14FN5OS. The molecule has 1 N–H and O–H groups in total. The summed E-state index contributed by atoms with van der Waals surface area (Å²) in [5.41, 5.74) is 2.35. The van der Waals surface area contributed by atoms with Crippen LogP contribution in [-0.2, 0) is 6.54 Å². The zero-order valence-electron chi connectivity index (χ0n) is 12.6. The van der Waals surface area contributed by atoms with Gasteiger partial charge in [-0.05, 0) is 31.4 Å². The van der Waals surface area contributed by atoms with Crippen molar-refractivity contribution in [3.63, 3.8) is 0 Å². The van der Waals surface area contributed by atoms with Crippen molar-refractivity contribution in [1.29, 1.82) is 0 Å². The minimum atomic E-state index is -0.298. The monoisotopic (exact) mass is 331 g/mol. The summed E-state index contributed by atoms with van der Waals surface area (Å²) >= 11 is 1.22. The Morgan fingerprint density at radius 2 is 2.13 bits per heavy atom. The molecule has 118 valence electrons. The number of aryl methyl sites for hydroxylation is 1. The van der Waals surface area contributed by atoms with Crippen molar-refractivity contribution in [1.82, 2.24) is 19.4 Å². The van der Waals surface area contributed by atoms with E-state index in [1.165, 1.54) is 17.6 Å². The average molecular weight is 331 g/mol. The molecule has 1 amide bonds. The number of carbonyl (C=O) groups excluding carboxylic acids is 1. The molecule has 0 spiro atoms. The fourth-order valence-corrected chi connectivity index (χ4v) is 2.79. The number of hydrogen-bond acceptors (Lipinski definition) is 5. The van der Waals surface area contributed by atoms with Gasteiger partial charge in [0.05, 0.1) is 23.5 Å². The molecule has 0 radical (unpaired) electrons. The van der Waals surface area contributed by atoms with Crippen LogP contribution < -0.4 is 5.32 Å². The standard InChI is InChI=1S/C15H14FN5OS/c1-9-12(8-23-19-9)15(22)17-14-10(2)21(20-18-14)7-11-5-3-4-6-13(11)16/h3-6,8H,7H2,1-2H3,(H,17,22). The Bertz CT molecular complexity index is 857. The molecule has 1 aromatic carbocycles. The van der Waals surface area contributed by atoms with Gasteiger partial charge < -0.3 is 5.32 Å². The maximum atomic E-state index is 13.7. The summed E-state index contributed by atoms with van der Waals surface area (Å²) < 4.78 is 19.3. The number of nitrogens with one attached hydrogen (secondary N) is 1. The number of anilines is 1. The van der Waals surface area contributed by atoms with Crippen molar-refractivity contribution >= 4 is 23.3 Å². The number of amides is 1. The van der Waals surface area contributed by atoms with Crippen LogP contribution in [0.1, 0.15) is 27.3 Å². The second-order valence-electron chi connectivity index (χ2n) is 5.04. The van der Waals surface area contributed by atoms with E-state index in [-0.39, 0.29) is 18.3 Å². The van der Waals surface area contributed by atoms with E-state index >= 15 is 0 Å². The molecule has 0 bridgehead atoms. The number of hydrogen-bond donors (Lipinski definition) is 1. The van der Waals surface area contributed by atoms with Gasteiger partial charge in [-0.1, -0.05) is 23.4 Å². The van der Waals surface area contributed by atoms with Gasteiger partial charge in [0.25, 0.3) is 5.91 Å². The van der Waals surface area contributed by atoms with Crippen LogP contribution in [0.15, 0.2) is 29.6 Å². The summed E-state index contributed by atoms with van der Waals surface area (Å²) in [6, 6.07) is 6.49. The minimum Gasteiger partial charge on any atom is -0.303 e. The maximum absolute atomic E-state index is 13.7. The quantitative estimate of drug-likeness (QED) is 0.798. The third kappa shape index (κ3) is 3.11. The van der Waals surface area contributed by atoms with Gasteiger partial charge in [-0.15, -0.1) is 5.10 Å². The van der Waals surface area contributed by atoms with Gasteiger partial charge in [0.15, 0.2) is 5.82 Å². The zero-order valence-corrected chi connectivity index (χ0v) is 13.4. The van der Waals surface area contributed by atoms with E-state index in [2.05, 4.69) is 20.0 Å². The van der Waals surface area contributed by atoms with Crippen molar-refractivity contribution < 1.29 is 9.18 Å². The summed E-state index contributed by atoms with van der Waals surface area (Å²) in [5, 5.41) is 12.3. The van der Waals surface area contributed by atoms with Gasteiger partial charge in [0, 0.05) is 10.9 Å². The molecule has 0 fully saturated rings. The van der Waals surface area contributed by atoms with Crippen LogP contribution in [0.4, 0.5) is 10.2 Å². The van der Waals surface area contributed by atoms with Crippen molar-refractivity contribution in [3.8, 4) is 0 Å². The first-order valence-electron chi connectivity index (χ1n) is 6.92. The molecule has 6 nitrogen and oxygen atoms in total. The molecule has 8 heteroatoms. The Morgan fingerprint density at radius 1 is 1.35 bits per heavy atom. The molecular weight excluding hydrogens is 317 g/mol. The zero-order chi connectivity index (χ0) is 16.4. The number of benzene rings is 1. The van der Waals surface area contributed by atoms with E-state index in [0.29, 0.717) is 28.3 Å². The van der Waals surface area contributed by atoms with E-state index in [9.17, 15) is 9.18 Å². The molecule has 0 aliphatic carbocycles. The highest BCUT2D eigenvalue weighted by molar-refractivity contribution is 7.04. The molecule has 0 saturated carbocycles. The van der Waals surface area contributed by atoms with Crippen LogP contribution in [0, 0.1) is 19.7 Å². The van der Waals surface area contributed by atoms with Crippen molar-refractivity contribution in [3.05, 3.63) is 58.0 Å². The van der Waals surface area contributed by atoms with Crippen LogP contribution in [0.2, 0.25) is 0 Å². The predicted molar refractivity (Wildman–Crippen MR) is 85.1 cm³/mol. The first-order chi connectivity index (χ1) is 11.1. The molecule has 0 aliphatic rings. The lowest BCUT2D eigenvalue weighted by Crippen LogP contribution is -2.14. The molecule has 2 heterocycles. The van der Waals surface area contributed by atoms with Crippen molar-refractivity contribution in [2.75, 3.05) is 5.32 Å². The fraction of sp³-hybridized carbons (Fsp3) is 0.200. The summed E-state index contributed by atoms with van der Waals surface area (Å²) in [7, 11) is 0. The van der Waals surface area contributed by atoms with Crippen LogP contribution >= 0.6 is 11.5 Å². The number of aromatic nitrogens is 4. The van der Waals surface area contributed by atoms with Gasteiger partial charge in [-0.25, -0.2) is 9.07 Å². The van der Waals surface area contributed by atoms with Crippen molar-refractivity contribution in [2.24, 2.45) is 0 Å². The van der Waals surface area contributed by atoms with Crippen molar-refractivity contribution in [2.45, 2.75) is 20.4 Å². The Labute approximate surface area is 136 Å². The normalized spacial score (nSPS) is 10.7. The second kappa shape index (κ2) is 6.25. The average Bonchev–Trinajstić information content (AvgIpc) is 3.10. The van der Waals surface area contributed by atoms with Crippen LogP contribution in [-0.4, -0.2) is 25.3 Å². The van der Waals surface area contributed by atoms with Gasteiger partial charge in [-0.3, -0.25) is 4.79 Å². The lowest BCUT2D eigenvalue weighted by atomic mass is 10.2. The number of nitrogens with zero attached hydrogens (tertiary/aromatic N) is 4. The highest BCUT2D eigenvalue weighted by atomic mass is 32.1. The third-order valence-electron chi connectivity index (χ3n) is 3.49. The number of carbonyl (C=O) groups is 1. The van der Waals surface area contributed by atoms with Gasteiger partial charge in [0.1, 0.15) is 5.82 Å². The SMILES string of the molecule is Cc1nscc1C(=O)Nc1nnn(Cc2ccccc2F)c1C. The first kappa shape index (κ1) is 15.3. The topological polar surface area (TPSA) is 72.7 Å². The Balaban J connectivity index is 1.79. The lowest BCUT2D eigenvalue weighted by Gasteiger charge is -2.06. The highest BCUT2D eigenvalue weighted by Gasteiger charge is 2.16. The predicted octanol–water partition coefficient (Wildman–Crippen LogP) is 2.79. The van der Waals surface area contributed by atoms with Gasteiger partial charge in [0.2, 0.25) is 0 Å². The summed E-state index contributed by atoms with van der Waals surface area (Å²) in [5.74, 6) is -0.220.